The van der Waals surface area contributed by atoms with Crippen LogP contribution >= 0.6 is 0 Å². The van der Waals surface area contributed by atoms with Gasteiger partial charge in [0.05, 0.1) is 6.07 Å². The molecular formula is C18H14N4O5. The molecule has 2 heterocycles. The van der Waals surface area contributed by atoms with Gasteiger partial charge in [-0.3, -0.25) is 24.7 Å². The predicted molar refractivity (Wildman–Crippen MR) is 95.2 cm³/mol. The number of nitrogens with zero attached hydrogens (tertiary/aromatic N) is 2. The molecule has 9 nitrogen and oxygen atoms in total. The number of hydrogen-bond acceptors (Lipinski definition) is 6. The molecule has 0 bridgehead atoms. The van der Waals surface area contributed by atoms with Crippen LogP contribution in [0.5, 0.6) is 0 Å². The smallest absolute Gasteiger partial charge is 0.395 e. The molecule has 0 saturated heterocycles. The maximum Gasteiger partial charge on any atom is 0.433 e. The molecule has 0 atom stereocenters. The largest absolute Gasteiger partial charge is 0.433 e. The topological polar surface area (TPSA) is 127 Å². The zero-order chi connectivity index (χ0) is 19.2. The molecule has 0 aliphatic carbocycles. The van der Waals surface area contributed by atoms with Crippen LogP contribution in [0, 0.1) is 10.1 Å². The summed E-state index contributed by atoms with van der Waals surface area (Å²) < 4.78 is 4.85. The van der Waals surface area contributed by atoms with Crippen molar-refractivity contribution >= 4 is 23.4 Å². The van der Waals surface area contributed by atoms with Crippen LogP contribution in [0.15, 0.2) is 65.3 Å². The van der Waals surface area contributed by atoms with E-state index in [0.717, 1.165) is 11.6 Å². The first kappa shape index (κ1) is 17.8. The third kappa shape index (κ3) is 4.54. The molecule has 2 N–H and O–H groups in total. The molecule has 0 radical (unpaired) electrons. The van der Waals surface area contributed by atoms with Gasteiger partial charge >= 0.3 is 5.88 Å². The number of pyridine rings is 1. The zero-order valence-corrected chi connectivity index (χ0v) is 13.9. The van der Waals surface area contributed by atoms with E-state index in [-0.39, 0.29) is 18.2 Å². The van der Waals surface area contributed by atoms with E-state index in [1.165, 1.54) is 18.5 Å². The molecule has 0 fully saturated rings. The van der Waals surface area contributed by atoms with E-state index in [9.17, 15) is 19.7 Å². The Labute approximate surface area is 153 Å². The number of carbonyl (C=O) groups excluding carboxylic acids is 2. The lowest BCUT2D eigenvalue weighted by atomic mass is 10.2. The van der Waals surface area contributed by atoms with E-state index in [1.807, 2.05) is 0 Å². The molecule has 0 saturated carbocycles. The molecule has 1 aromatic carbocycles. The van der Waals surface area contributed by atoms with Crippen LogP contribution < -0.4 is 10.6 Å². The summed E-state index contributed by atoms with van der Waals surface area (Å²) in [7, 11) is 0. The number of anilines is 1. The van der Waals surface area contributed by atoms with Crippen molar-refractivity contribution in [2.75, 3.05) is 5.32 Å². The van der Waals surface area contributed by atoms with Gasteiger partial charge in [0.15, 0.2) is 5.76 Å². The Morgan fingerprint density at radius 1 is 1.07 bits per heavy atom. The summed E-state index contributed by atoms with van der Waals surface area (Å²) in [6.07, 6.45) is 3.06. The van der Waals surface area contributed by atoms with Crippen LogP contribution in [0.3, 0.4) is 0 Å². The second-order valence-corrected chi connectivity index (χ2v) is 5.47. The van der Waals surface area contributed by atoms with Crippen LogP contribution in [-0.2, 0) is 6.54 Å². The van der Waals surface area contributed by atoms with Crippen molar-refractivity contribution in [1.82, 2.24) is 10.3 Å². The molecule has 0 aliphatic rings. The van der Waals surface area contributed by atoms with Gasteiger partial charge in [-0.1, -0.05) is 12.1 Å². The van der Waals surface area contributed by atoms with Gasteiger partial charge in [-0.05, 0) is 35.9 Å². The molecule has 9 heteroatoms. The maximum absolute atomic E-state index is 12.2. The number of nitrogens with one attached hydrogen (secondary N) is 2. The Kier molecular flexibility index (Phi) is 5.22. The van der Waals surface area contributed by atoms with Crippen molar-refractivity contribution in [3.05, 3.63) is 87.9 Å². The van der Waals surface area contributed by atoms with E-state index in [0.29, 0.717) is 11.3 Å². The highest BCUT2D eigenvalue weighted by Gasteiger charge is 2.17. The summed E-state index contributed by atoms with van der Waals surface area (Å²) in [6, 6.07) is 12.5. The Morgan fingerprint density at radius 3 is 2.56 bits per heavy atom. The summed E-state index contributed by atoms with van der Waals surface area (Å²) in [5.74, 6) is -1.50. The first-order chi connectivity index (χ1) is 13.0. The van der Waals surface area contributed by atoms with Crippen molar-refractivity contribution in [3.63, 3.8) is 0 Å². The van der Waals surface area contributed by atoms with E-state index >= 15 is 0 Å². The maximum atomic E-state index is 12.2. The second kappa shape index (κ2) is 7.91. The first-order valence-corrected chi connectivity index (χ1v) is 7.85. The van der Waals surface area contributed by atoms with Gasteiger partial charge in [0.25, 0.3) is 11.8 Å². The second-order valence-electron chi connectivity index (χ2n) is 5.47. The van der Waals surface area contributed by atoms with E-state index < -0.39 is 16.7 Å². The lowest BCUT2D eigenvalue weighted by Gasteiger charge is -2.08. The standard InChI is InChI=1S/C18H14N4O5/c23-17(13-6-8-19-9-7-13)21-14-3-1-2-12(10-14)11-20-18(24)15-4-5-16(27-15)22(25)26/h1-10H,11H2,(H,20,24)(H,21,23). The molecule has 0 aliphatic heterocycles. The number of carbonyl (C=O) groups is 2. The molecular weight excluding hydrogens is 352 g/mol. The van der Waals surface area contributed by atoms with Crippen molar-refractivity contribution in [2.24, 2.45) is 0 Å². The third-order valence-electron chi connectivity index (χ3n) is 3.58. The number of nitro groups is 1. The molecule has 136 valence electrons. The van der Waals surface area contributed by atoms with Gasteiger partial charge in [-0.15, -0.1) is 0 Å². The van der Waals surface area contributed by atoms with E-state index in [2.05, 4.69) is 15.6 Å². The van der Waals surface area contributed by atoms with Gasteiger partial charge in [-0.25, -0.2) is 0 Å². The lowest BCUT2D eigenvalue weighted by molar-refractivity contribution is -0.402. The van der Waals surface area contributed by atoms with Crippen LogP contribution in [0.4, 0.5) is 11.6 Å². The van der Waals surface area contributed by atoms with Crippen molar-refractivity contribution in [1.29, 1.82) is 0 Å². The van der Waals surface area contributed by atoms with Crippen LogP contribution in [0.2, 0.25) is 0 Å². The Balaban J connectivity index is 1.61. The van der Waals surface area contributed by atoms with Gasteiger partial charge in [0.1, 0.15) is 4.92 Å². The molecule has 2 aromatic heterocycles. The Bertz CT molecular complexity index is 984. The number of benzene rings is 1. The Morgan fingerprint density at radius 2 is 1.85 bits per heavy atom. The third-order valence-corrected chi connectivity index (χ3v) is 3.58. The SMILES string of the molecule is O=C(Nc1cccc(CNC(=O)c2ccc([N+](=O)[O-])o2)c1)c1ccncc1. The molecule has 2 amide bonds. The summed E-state index contributed by atoms with van der Waals surface area (Å²) in [5, 5.41) is 16.0. The summed E-state index contributed by atoms with van der Waals surface area (Å²) in [6.45, 7) is 0.159. The fraction of sp³-hybridized carbons (Fsp3) is 0.0556. The van der Waals surface area contributed by atoms with Crippen LogP contribution in [-0.4, -0.2) is 21.7 Å². The molecule has 0 spiro atoms. The monoisotopic (exact) mass is 366 g/mol. The van der Waals surface area contributed by atoms with Crippen molar-refractivity contribution in [3.8, 4) is 0 Å². The quantitative estimate of drug-likeness (QED) is 0.510. The van der Waals surface area contributed by atoms with Crippen molar-refractivity contribution in [2.45, 2.75) is 6.54 Å². The summed E-state index contributed by atoms with van der Waals surface area (Å²) in [4.78, 5) is 37.9. The highest BCUT2D eigenvalue weighted by Crippen LogP contribution is 2.16. The van der Waals surface area contributed by atoms with Crippen LogP contribution in [0.25, 0.3) is 0 Å². The van der Waals surface area contributed by atoms with E-state index in [1.54, 1.807) is 36.4 Å². The predicted octanol–water partition coefficient (Wildman–Crippen LogP) is 2.77. The summed E-state index contributed by atoms with van der Waals surface area (Å²) in [5.41, 5.74) is 1.78. The normalized spacial score (nSPS) is 10.2. The average molecular weight is 366 g/mol. The minimum absolute atomic E-state index is 0.149. The fourth-order valence-corrected chi connectivity index (χ4v) is 2.28. The van der Waals surface area contributed by atoms with Gasteiger partial charge in [-0.2, -0.15) is 0 Å². The van der Waals surface area contributed by atoms with E-state index in [4.69, 9.17) is 4.42 Å². The molecule has 3 aromatic rings. The number of furan rings is 1. The zero-order valence-electron chi connectivity index (χ0n) is 13.9. The Hall–Kier alpha value is -4.01. The minimum Gasteiger partial charge on any atom is -0.395 e. The number of rotatable bonds is 6. The van der Waals surface area contributed by atoms with Crippen LogP contribution in [0.1, 0.15) is 26.5 Å². The van der Waals surface area contributed by atoms with Gasteiger partial charge in [0.2, 0.25) is 0 Å². The fourth-order valence-electron chi connectivity index (χ4n) is 2.28. The molecule has 3 rings (SSSR count). The van der Waals surface area contributed by atoms with Crippen molar-refractivity contribution < 1.29 is 18.9 Å². The minimum atomic E-state index is -0.717. The number of hydrogen-bond donors (Lipinski definition) is 2. The number of aromatic nitrogens is 1. The molecule has 27 heavy (non-hydrogen) atoms. The lowest BCUT2D eigenvalue weighted by Crippen LogP contribution is -2.22. The van der Waals surface area contributed by atoms with Gasteiger partial charge in [0, 0.05) is 30.2 Å². The molecule has 0 unspecified atom stereocenters. The first-order valence-electron chi connectivity index (χ1n) is 7.85. The summed E-state index contributed by atoms with van der Waals surface area (Å²) >= 11 is 0. The average Bonchev–Trinajstić information content (AvgIpc) is 3.18. The highest BCUT2D eigenvalue weighted by atomic mass is 16.6. The highest BCUT2D eigenvalue weighted by molar-refractivity contribution is 6.04. The number of amides is 2. The van der Waals surface area contributed by atoms with Gasteiger partial charge < -0.3 is 15.1 Å².